The lowest BCUT2D eigenvalue weighted by atomic mass is 9.72. The van der Waals surface area contributed by atoms with Crippen molar-refractivity contribution in [2.45, 2.75) is 55.8 Å². The molecule has 1 aliphatic heterocycles. The molecule has 6 nitrogen and oxygen atoms in total. The quantitative estimate of drug-likeness (QED) is 0.477. The molecule has 0 radical (unpaired) electrons. The number of phenolic OH excluding ortho intramolecular Hbond substituents is 2. The Bertz CT molecular complexity index is 1120. The van der Waals surface area contributed by atoms with Crippen molar-refractivity contribution in [2.75, 3.05) is 0 Å². The minimum atomic E-state index is -1.26. The Morgan fingerprint density at radius 3 is 2.65 bits per heavy atom. The van der Waals surface area contributed by atoms with Gasteiger partial charge in [-0.15, -0.1) is 0 Å². The number of fused-ring (bicyclic) bond motifs is 3. The maximum absolute atomic E-state index is 14.7. The van der Waals surface area contributed by atoms with E-state index in [-0.39, 0.29) is 29.7 Å². The summed E-state index contributed by atoms with van der Waals surface area (Å²) in [6.07, 6.45) is 4.59. The van der Waals surface area contributed by atoms with Gasteiger partial charge in [0.1, 0.15) is 5.82 Å². The zero-order chi connectivity index (χ0) is 21.8. The smallest absolute Gasteiger partial charge is 0.157 e. The maximum Gasteiger partial charge on any atom is 0.157 e. The number of aliphatic hydroxyl groups is 2. The predicted octanol–water partition coefficient (Wildman–Crippen LogP) is 3.84. The molecule has 162 valence electrons. The molecule has 0 amide bonds. The van der Waals surface area contributed by atoms with E-state index in [1.54, 1.807) is 30.7 Å². The van der Waals surface area contributed by atoms with Crippen LogP contribution >= 0.6 is 0 Å². The van der Waals surface area contributed by atoms with Crippen LogP contribution in [-0.2, 0) is 0 Å². The van der Waals surface area contributed by atoms with Crippen LogP contribution < -0.4 is 0 Å². The van der Waals surface area contributed by atoms with Crippen molar-refractivity contribution < 1.29 is 24.8 Å². The van der Waals surface area contributed by atoms with Gasteiger partial charge in [0.15, 0.2) is 11.5 Å². The van der Waals surface area contributed by atoms with Crippen molar-refractivity contribution in [1.29, 1.82) is 0 Å². The van der Waals surface area contributed by atoms with Gasteiger partial charge < -0.3 is 25.0 Å². The van der Waals surface area contributed by atoms with E-state index in [9.17, 15) is 24.8 Å². The molecule has 1 fully saturated rings. The minimum absolute atomic E-state index is 0.129. The molecule has 2 atom stereocenters. The van der Waals surface area contributed by atoms with Crippen molar-refractivity contribution in [3.63, 3.8) is 0 Å². The molecule has 2 unspecified atom stereocenters. The fraction of sp³-hybridized carbons (Fsp3) is 0.375. The Morgan fingerprint density at radius 1 is 1.13 bits per heavy atom. The lowest BCUT2D eigenvalue weighted by Gasteiger charge is -2.40. The molecule has 1 aliphatic carbocycles. The number of aliphatic hydroxyl groups excluding tert-OH is 1. The summed E-state index contributed by atoms with van der Waals surface area (Å²) >= 11 is 0. The molecule has 0 spiro atoms. The second-order valence-electron chi connectivity index (χ2n) is 8.78. The third-order valence-corrected chi connectivity index (χ3v) is 7.05. The van der Waals surface area contributed by atoms with Gasteiger partial charge in [0.2, 0.25) is 0 Å². The highest BCUT2D eigenvalue weighted by atomic mass is 19.1. The lowest BCUT2D eigenvalue weighted by Crippen LogP contribution is -2.46. The number of nitrogens with zero attached hydrogens (tertiary/aromatic N) is 2. The molecule has 1 saturated carbocycles. The number of rotatable bonds is 4. The van der Waals surface area contributed by atoms with Gasteiger partial charge in [0.05, 0.1) is 36.0 Å². The number of phenols is 2. The highest BCUT2D eigenvalue weighted by molar-refractivity contribution is 5.69. The van der Waals surface area contributed by atoms with Crippen LogP contribution in [-0.4, -0.2) is 41.7 Å². The Labute approximate surface area is 179 Å². The summed E-state index contributed by atoms with van der Waals surface area (Å²) in [7, 11) is 0. The van der Waals surface area contributed by atoms with Gasteiger partial charge in [0, 0.05) is 17.5 Å². The molecular formula is C24H25FN2O4. The van der Waals surface area contributed by atoms with E-state index in [0.717, 1.165) is 16.8 Å². The first-order valence-electron chi connectivity index (χ1n) is 10.6. The third-order valence-electron chi connectivity index (χ3n) is 7.05. The van der Waals surface area contributed by atoms with E-state index in [2.05, 4.69) is 4.98 Å². The summed E-state index contributed by atoms with van der Waals surface area (Å²) in [6, 6.07) is 9.32. The van der Waals surface area contributed by atoms with Crippen LogP contribution in [0.1, 0.15) is 55.2 Å². The molecule has 5 rings (SSSR count). The first-order chi connectivity index (χ1) is 14.9. The Hall–Kier alpha value is -2.90. The standard InChI is InChI=1S/C24H25FN2O4/c25-17-3-1-2-16-19-12-26-13-27(19)18(23(16)17)11-22(30)24(31)8-6-14(7-9-24)15-4-5-20(28)21(29)10-15/h1-5,10,12-14,18,22,28-31H,6-9,11H2. The Kier molecular flexibility index (Phi) is 4.75. The van der Waals surface area contributed by atoms with Crippen molar-refractivity contribution in [3.05, 3.63) is 65.9 Å². The average Bonchev–Trinajstić information content (AvgIpc) is 3.34. The second kappa shape index (κ2) is 7.35. The van der Waals surface area contributed by atoms with Gasteiger partial charge >= 0.3 is 0 Å². The predicted molar refractivity (Wildman–Crippen MR) is 112 cm³/mol. The van der Waals surface area contributed by atoms with E-state index >= 15 is 0 Å². The van der Waals surface area contributed by atoms with E-state index in [0.29, 0.717) is 31.2 Å². The fourth-order valence-corrected chi connectivity index (χ4v) is 5.24. The van der Waals surface area contributed by atoms with Crippen LogP contribution in [0.4, 0.5) is 4.39 Å². The molecule has 2 aromatic carbocycles. The summed E-state index contributed by atoms with van der Waals surface area (Å²) in [5, 5.41) is 41.5. The normalized spacial score (nSPS) is 25.8. The van der Waals surface area contributed by atoms with E-state index in [4.69, 9.17) is 0 Å². The SMILES string of the molecule is Oc1ccc(C2CCC(O)(C(O)CC3c4c(F)cccc4-c4cncn43)CC2)cc1O. The molecule has 3 aromatic rings. The summed E-state index contributed by atoms with van der Waals surface area (Å²) < 4.78 is 16.5. The number of hydrogen-bond acceptors (Lipinski definition) is 5. The average molecular weight is 424 g/mol. The monoisotopic (exact) mass is 424 g/mol. The second-order valence-corrected chi connectivity index (χ2v) is 8.78. The number of benzene rings is 2. The van der Waals surface area contributed by atoms with Crippen LogP contribution in [0.15, 0.2) is 48.9 Å². The number of aromatic nitrogens is 2. The molecule has 2 aliphatic rings. The van der Waals surface area contributed by atoms with Crippen LogP contribution in [0.2, 0.25) is 0 Å². The van der Waals surface area contributed by atoms with E-state index < -0.39 is 17.7 Å². The summed E-state index contributed by atoms with van der Waals surface area (Å²) in [5.41, 5.74) is 1.77. The number of hydrogen-bond donors (Lipinski definition) is 4. The summed E-state index contributed by atoms with van der Waals surface area (Å²) in [5.74, 6) is -0.504. The van der Waals surface area contributed by atoms with Gasteiger partial charge in [-0.05, 0) is 55.4 Å². The third kappa shape index (κ3) is 3.28. The summed E-state index contributed by atoms with van der Waals surface area (Å²) in [6.45, 7) is 0. The number of halogens is 1. The first-order valence-corrected chi connectivity index (χ1v) is 10.6. The zero-order valence-electron chi connectivity index (χ0n) is 16.9. The van der Waals surface area contributed by atoms with Crippen molar-refractivity contribution in [3.8, 4) is 22.8 Å². The zero-order valence-corrected chi connectivity index (χ0v) is 16.9. The van der Waals surface area contributed by atoms with Gasteiger partial charge in [-0.25, -0.2) is 9.37 Å². The molecule has 4 N–H and O–H groups in total. The van der Waals surface area contributed by atoms with Crippen molar-refractivity contribution in [2.24, 2.45) is 0 Å². The van der Waals surface area contributed by atoms with E-state index in [1.165, 1.54) is 12.1 Å². The molecule has 0 saturated heterocycles. The largest absolute Gasteiger partial charge is 0.504 e. The van der Waals surface area contributed by atoms with Gasteiger partial charge in [-0.2, -0.15) is 0 Å². The van der Waals surface area contributed by atoms with Crippen LogP contribution in [0, 0.1) is 5.82 Å². The van der Waals surface area contributed by atoms with Crippen molar-refractivity contribution >= 4 is 0 Å². The van der Waals surface area contributed by atoms with Crippen LogP contribution in [0.3, 0.4) is 0 Å². The van der Waals surface area contributed by atoms with Crippen molar-refractivity contribution in [1.82, 2.24) is 9.55 Å². The Morgan fingerprint density at radius 2 is 1.90 bits per heavy atom. The molecule has 0 bridgehead atoms. The lowest BCUT2D eigenvalue weighted by molar-refractivity contribution is -0.105. The van der Waals surface area contributed by atoms with E-state index in [1.807, 2.05) is 10.6 Å². The molecule has 1 aromatic heterocycles. The first kappa shape index (κ1) is 20.0. The number of imidazole rings is 1. The fourth-order valence-electron chi connectivity index (χ4n) is 5.24. The highest BCUT2D eigenvalue weighted by Gasteiger charge is 2.43. The van der Waals surface area contributed by atoms with Gasteiger partial charge in [0.25, 0.3) is 0 Å². The minimum Gasteiger partial charge on any atom is -0.504 e. The van der Waals surface area contributed by atoms with Gasteiger partial charge in [-0.3, -0.25) is 0 Å². The number of aromatic hydroxyl groups is 2. The Balaban J connectivity index is 1.33. The highest BCUT2D eigenvalue weighted by Crippen LogP contribution is 2.46. The molecule has 2 heterocycles. The van der Waals surface area contributed by atoms with Gasteiger partial charge in [-0.1, -0.05) is 18.2 Å². The van der Waals surface area contributed by atoms with Crippen LogP contribution in [0.25, 0.3) is 11.3 Å². The van der Waals surface area contributed by atoms with Crippen LogP contribution in [0.5, 0.6) is 11.5 Å². The topological polar surface area (TPSA) is 98.7 Å². The maximum atomic E-state index is 14.7. The molecule has 7 heteroatoms. The molecule has 31 heavy (non-hydrogen) atoms. The summed E-state index contributed by atoms with van der Waals surface area (Å²) in [4.78, 5) is 4.17. The molecular weight excluding hydrogens is 399 g/mol.